The molecule has 1 amide bonds. The Kier molecular flexibility index (Phi) is 6.03. The summed E-state index contributed by atoms with van der Waals surface area (Å²) < 4.78 is 7.79. The molecule has 0 spiro atoms. The highest BCUT2D eigenvalue weighted by molar-refractivity contribution is 7.71. The average Bonchev–Trinajstić information content (AvgIpc) is 3.01. The zero-order valence-electron chi connectivity index (χ0n) is 15.4. The first kappa shape index (κ1) is 18.8. The van der Waals surface area contributed by atoms with Gasteiger partial charge >= 0.3 is 0 Å². The molecule has 0 aliphatic carbocycles. The fraction of sp³-hybridized carbons (Fsp3) is 0.250. The standard InChI is InChI=1S/C20H22N4O2S/c1-3-26-17-9-7-15(8-10-17)19-22-23-20(27)24(19)12-11-18(25)21-16-6-4-5-14(2)13-16/h4-10,13H,3,11-12H2,1-2H3,(H,21,25)(H,23,27). The molecule has 0 radical (unpaired) electrons. The Hall–Kier alpha value is -2.93. The van der Waals surface area contributed by atoms with Gasteiger partial charge in [0.15, 0.2) is 10.6 Å². The van der Waals surface area contributed by atoms with E-state index in [2.05, 4.69) is 15.5 Å². The maximum absolute atomic E-state index is 12.3. The summed E-state index contributed by atoms with van der Waals surface area (Å²) in [6.45, 7) is 4.99. The van der Waals surface area contributed by atoms with Crippen LogP contribution in [0.4, 0.5) is 5.69 Å². The Morgan fingerprint density at radius 1 is 1.26 bits per heavy atom. The molecule has 0 fully saturated rings. The lowest BCUT2D eigenvalue weighted by atomic mass is 10.2. The van der Waals surface area contributed by atoms with Crippen molar-refractivity contribution in [1.29, 1.82) is 0 Å². The first-order valence-corrected chi connectivity index (χ1v) is 9.22. The average molecular weight is 382 g/mol. The first-order chi connectivity index (χ1) is 13.1. The lowest BCUT2D eigenvalue weighted by molar-refractivity contribution is -0.116. The van der Waals surface area contributed by atoms with Crippen LogP contribution < -0.4 is 10.1 Å². The van der Waals surface area contributed by atoms with Gasteiger partial charge in [-0.15, -0.1) is 0 Å². The van der Waals surface area contributed by atoms with Crippen LogP contribution in [0.5, 0.6) is 5.75 Å². The summed E-state index contributed by atoms with van der Waals surface area (Å²) in [6, 6.07) is 15.4. The second kappa shape index (κ2) is 8.64. The van der Waals surface area contributed by atoms with Crippen molar-refractivity contribution in [2.75, 3.05) is 11.9 Å². The van der Waals surface area contributed by atoms with Gasteiger partial charge in [0.1, 0.15) is 5.75 Å². The molecule has 0 atom stereocenters. The van der Waals surface area contributed by atoms with E-state index in [1.165, 1.54) is 0 Å². The number of nitrogens with zero attached hydrogens (tertiary/aromatic N) is 2. The summed E-state index contributed by atoms with van der Waals surface area (Å²) >= 11 is 5.33. The van der Waals surface area contributed by atoms with Crippen molar-refractivity contribution >= 4 is 23.8 Å². The molecule has 0 bridgehead atoms. The van der Waals surface area contributed by atoms with Gasteiger partial charge in [-0.3, -0.25) is 14.5 Å². The van der Waals surface area contributed by atoms with Crippen LogP contribution in [0, 0.1) is 11.7 Å². The van der Waals surface area contributed by atoms with Gasteiger partial charge in [-0.2, -0.15) is 5.10 Å². The number of aromatic nitrogens is 3. The molecule has 27 heavy (non-hydrogen) atoms. The Labute approximate surface area is 163 Å². The number of hydrogen-bond acceptors (Lipinski definition) is 4. The summed E-state index contributed by atoms with van der Waals surface area (Å²) in [6.07, 6.45) is 0.297. The largest absolute Gasteiger partial charge is 0.494 e. The van der Waals surface area contributed by atoms with Crippen molar-refractivity contribution in [2.45, 2.75) is 26.8 Å². The number of rotatable bonds is 7. The number of benzene rings is 2. The van der Waals surface area contributed by atoms with E-state index >= 15 is 0 Å². The molecule has 2 N–H and O–H groups in total. The number of aryl methyl sites for hydroxylation is 1. The molecule has 3 rings (SSSR count). The van der Waals surface area contributed by atoms with Crippen LogP contribution in [-0.4, -0.2) is 27.3 Å². The van der Waals surface area contributed by atoms with E-state index < -0.39 is 0 Å². The molecule has 0 aliphatic rings. The third kappa shape index (κ3) is 4.83. The monoisotopic (exact) mass is 382 g/mol. The highest BCUT2D eigenvalue weighted by atomic mass is 32.1. The number of carbonyl (C=O) groups excluding carboxylic acids is 1. The second-order valence-corrected chi connectivity index (χ2v) is 6.52. The SMILES string of the molecule is CCOc1ccc(-c2n[nH]c(=S)n2CCC(=O)Nc2cccc(C)c2)cc1. The zero-order chi connectivity index (χ0) is 19.2. The molecule has 6 nitrogen and oxygen atoms in total. The topological polar surface area (TPSA) is 71.9 Å². The van der Waals surface area contributed by atoms with Crippen LogP contribution in [0.3, 0.4) is 0 Å². The van der Waals surface area contributed by atoms with Crippen molar-refractivity contribution in [3.05, 3.63) is 58.9 Å². The van der Waals surface area contributed by atoms with Gasteiger partial charge in [0.25, 0.3) is 0 Å². The van der Waals surface area contributed by atoms with Crippen LogP contribution in [0.1, 0.15) is 18.9 Å². The minimum Gasteiger partial charge on any atom is -0.494 e. The summed E-state index contributed by atoms with van der Waals surface area (Å²) in [4.78, 5) is 12.3. The van der Waals surface area contributed by atoms with Crippen LogP contribution in [0.25, 0.3) is 11.4 Å². The van der Waals surface area contributed by atoms with E-state index in [1.54, 1.807) is 0 Å². The highest BCUT2D eigenvalue weighted by Crippen LogP contribution is 2.21. The van der Waals surface area contributed by atoms with Crippen molar-refractivity contribution in [2.24, 2.45) is 0 Å². The summed E-state index contributed by atoms with van der Waals surface area (Å²) in [5, 5.41) is 10.0. The molecule has 0 saturated carbocycles. The number of H-pyrrole nitrogens is 1. The van der Waals surface area contributed by atoms with E-state index in [0.717, 1.165) is 22.6 Å². The zero-order valence-corrected chi connectivity index (χ0v) is 16.2. The Bertz CT molecular complexity index is 976. The minimum absolute atomic E-state index is 0.0682. The quantitative estimate of drug-likeness (QED) is 0.596. The van der Waals surface area contributed by atoms with Crippen LogP contribution >= 0.6 is 12.2 Å². The first-order valence-electron chi connectivity index (χ1n) is 8.82. The summed E-state index contributed by atoms with van der Waals surface area (Å²) in [7, 11) is 0. The van der Waals surface area contributed by atoms with Gasteiger partial charge in [-0.25, -0.2) is 0 Å². The number of aromatic amines is 1. The third-order valence-electron chi connectivity index (χ3n) is 4.05. The Balaban J connectivity index is 1.69. The van der Waals surface area contributed by atoms with Gasteiger partial charge in [0, 0.05) is 24.2 Å². The predicted octanol–water partition coefficient (Wildman–Crippen LogP) is 4.34. The van der Waals surface area contributed by atoms with E-state index in [4.69, 9.17) is 17.0 Å². The fourth-order valence-electron chi connectivity index (χ4n) is 2.77. The van der Waals surface area contributed by atoms with Crippen LogP contribution in [0.15, 0.2) is 48.5 Å². The minimum atomic E-state index is -0.0682. The van der Waals surface area contributed by atoms with Crippen molar-refractivity contribution in [3.63, 3.8) is 0 Å². The van der Waals surface area contributed by atoms with E-state index in [0.29, 0.717) is 30.2 Å². The number of hydrogen-bond donors (Lipinski definition) is 2. The van der Waals surface area contributed by atoms with E-state index in [1.807, 2.05) is 66.9 Å². The smallest absolute Gasteiger partial charge is 0.226 e. The normalized spacial score (nSPS) is 10.6. The summed E-state index contributed by atoms with van der Waals surface area (Å²) in [5.74, 6) is 1.44. The van der Waals surface area contributed by atoms with Gasteiger partial charge < -0.3 is 10.1 Å². The van der Waals surface area contributed by atoms with Crippen LogP contribution in [0.2, 0.25) is 0 Å². The number of amides is 1. The molecule has 0 saturated heterocycles. The van der Waals surface area contributed by atoms with Gasteiger partial charge in [-0.1, -0.05) is 12.1 Å². The lowest BCUT2D eigenvalue weighted by Crippen LogP contribution is -2.15. The van der Waals surface area contributed by atoms with Crippen molar-refractivity contribution < 1.29 is 9.53 Å². The molecule has 0 unspecified atom stereocenters. The van der Waals surface area contributed by atoms with Gasteiger partial charge in [0.05, 0.1) is 6.61 Å². The molecule has 140 valence electrons. The highest BCUT2D eigenvalue weighted by Gasteiger charge is 2.11. The number of anilines is 1. The molecule has 1 heterocycles. The second-order valence-electron chi connectivity index (χ2n) is 6.13. The maximum atomic E-state index is 12.3. The molecule has 2 aromatic carbocycles. The lowest BCUT2D eigenvalue weighted by Gasteiger charge is -2.09. The van der Waals surface area contributed by atoms with Gasteiger partial charge in [-0.05, 0) is 68.0 Å². The van der Waals surface area contributed by atoms with E-state index in [-0.39, 0.29) is 5.91 Å². The number of nitrogens with one attached hydrogen (secondary N) is 2. The van der Waals surface area contributed by atoms with Gasteiger partial charge in [0.2, 0.25) is 5.91 Å². The molecule has 3 aromatic rings. The van der Waals surface area contributed by atoms with Crippen molar-refractivity contribution in [1.82, 2.24) is 14.8 Å². The maximum Gasteiger partial charge on any atom is 0.226 e. The predicted molar refractivity (Wildman–Crippen MR) is 108 cm³/mol. The number of carbonyl (C=O) groups is 1. The fourth-order valence-corrected chi connectivity index (χ4v) is 3.00. The molecular formula is C20H22N4O2S. The van der Waals surface area contributed by atoms with Crippen LogP contribution in [-0.2, 0) is 11.3 Å². The Morgan fingerprint density at radius 3 is 2.74 bits per heavy atom. The molecule has 7 heteroatoms. The Morgan fingerprint density at radius 2 is 2.04 bits per heavy atom. The molecular weight excluding hydrogens is 360 g/mol. The molecule has 1 aromatic heterocycles. The molecule has 0 aliphatic heterocycles. The van der Waals surface area contributed by atoms with E-state index in [9.17, 15) is 4.79 Å². The summed E-state index contributed by atoms with van der Waals surface area (Å²) in [5.41, 5.74) is 2.80. The van der Waals surface area contributed by atoms with Crippen molar-refractivity contribution in [3.8, 4) is 17.1 Å². The third-order valence-corrected chi connectivity index (χ3v) is 4.36. The number of ether oxygens (including phenoxy) is 1.